The Morgan fingerprint density at radius 1 is 0.738 bits per heavy atom. The van der Waals surface area contributed by atoms with Gasteiger partial charge < -0.3 is 83.5 Å². The Bertz CT molecular complexity index is 2270. The number of H-pyrrole nitrogens is 1. The van der Waals surface area contributed by atoms with Crippen molar-refractivity contribution in [2.24, 2.45) is 17.6 Å². The number of esters is 3. The number of carboxylic acids is 1. The SMILES string of the molecule is COC1C(C)OC(OC(=O)CC(C)CC(=O)OC(CCCCCCCCCCC(C)C)CC(=O)O[C@H]2CN(C)[C@@H]([C@H](OC3OC(CN)C(O)C3O)C3OC(n4ccc(=O)[nH]c4=O)C(O)C3O)C(=O)N(C)[C@@H]2C(=O)O)C(OC)C1OC. The van der Waals surface area contributed by atoms with E-state index in [1.807, 2.05) is 4.98 Å². The number of nitrogens with two attached hydrogens (primary N) is 1. The van der Waals surface area contributed by atoms with Crippen molar-refractivity contribution in [2.75, 3.05) is 48.5 Å². The van der Waals surface area contributed by atoms with Crippen LogP contribution in [0.15, 0.2) is 21.9 Å². The number of unbranched alkanes of at least 4 members (excludes halogenated alkanes) is 7. The lowest BCUT2D eigenvalue weighted by Crippen LogP contribution is -2.59. The van der Waals surface area contributed by atoms with Crippen LogP contribution in [0, 0.1) is 11.8 Å². The Kier molecular flexibility index (Phi) is 25.9. The molecule has 27 nitrogen and oxygen atoms in total. The van der Waals surface area contributed by atoms with E-state index in [1.165, 1.54) is 46.1 Å². The molecule has 8 N–H and O–H groups in total. The number of methoxy groups -OCH3 is 3. The van der Waals surface area contributed by atoms with Crippen LogP contribution in [0.1, 0.15) is 117 Å². The molecule has 0 spiro atoms. The summed E-state index contributed by atoms with van der Waals surface area (Å²) in [4.78, 5) is 97.6. The number of aliphatic hydroxyl groups excluding tert-OH is 4. The second-order valence-electron chi connectivity index (χ2n) is 21.9. The maximum absolute atomic E-state index is 14.7. The average molecular weight is 1150 g/mol. The standard InChI is InChI=1S/C53H87N5O22/c1-27(2)18-16-14-12-10-11-13-15-17-19-30(75-34(60)22-28(3)23-35(61)78-52-47(73-9)46(72-8)43(71-7)29(4)74-52)24-36(62)76-32-26-56(5)38(48(67)57(6)37(32)50(68)69)44(80-51-42(66)39(63)31(25-54)77-51)45-40(64)41(65)49(79-45)58-21-20-33(59)55-53(58)70/h20-21,27-32,37-47,49,51-52,63-66H,10-19,22-26,54H2,1-9H3,(H,68,69)(H,55,59,70)/t28?,29?,30?,31?,32-,37-,38-,39?,40?,41?,42?,43?,44-,45?,46?,47?,49?,51?,52?/m0/s1. The van der Waals surface area contributed by atoms with Crippen molar-refractivity contribution in [2.45, 2.75) is 221 Å². The number of aliphatic hydroxyl groups is 4. The van der Waals surface area contributed by atoms with Gasteiger partial charge in [-0.1, -0.05) is 72.1 Å². The highest BCUT2D eigenvalue weighted by molar-refractivity contribution is 5.88. The summed E-state index contributed by atoms with van der Waals surface area (Å²) in [6.45, 7) is 7.01. The zero-order valence-corrected chi connectivity index (χ0v) is 47.4. The van der Waals surface area contributed by atoms with Crippen LogP contribution in [0.2, 0.25) is 0 Å². The van der Waals surface area contributed by atoms with Crippen molar-refractivity contribution < 1.29 is 96.9 Å². The van der Waals surface area contributed by atoms with Crippen LogP contribution >= 0.6 is 0 Å². The van der Waals surface area contributed by atoms with E-state index in [0.29, 0.717) is 12.3 Å². The number of aliphatic carboxylic acids is 1. The third-order valence-electron chi connectivity index (χ3n) is 15.3. The lowest BCUT2D eigenvalue weighted by Gasteiger charge is -2.43. The molecular weight excluding hydrogens is 1060 g/mol. The van der Waals surface area contributed by atoms with Gasteiger partial charge in [0.25, 0.3) is 5.56 Å². The number of rotatable bonds is 30. The number of hydrogen-bond donors (Lipinski definition) is 7. The number of aromatic nitrogens is 2. The Morgan fingerprint density at radius 3 is 1.91 bits per heavy atom. The van der Waals surface area contributed by atoms with Gasteiger partial charge >= 0.3 is 29.6 Å². The van der Waals surface area contributed by atoms with E-state index in [2.05, 4.69) is 13.8 Å². The van der Waals surface area contributed by atoms with Gasteiger partial charge in [0, 0.05) is 66.6 Å². The molecule has 15 unspecified atom stereocenters. The van der Waals surface area contributed by atoms with E-state index < -0.39 is 170 Å². The molecule has 4 fully saturated rings. The van der Waals surface area contributed by atoms with Crippen LogP contribution in [-0.2, 0) is 71.3 Å². The lowest BCUT2D eigenvalue weighted by atomic mass is 9.97. The molecule has 4 aliphatic heterocycles. The third-order valence-corrected chi connectivity index (χ3v) is 15.3. The summed E-state index contributed by atoms with van der Waals surface area (Å²) in [5.74, 6) is -4.92. The molecule has 0 aliphatic carbocycles. The smallest absolute Gasteiger partial charge is 0.330 e. The molecule has 456 valence electrons. The first kappa shape index (κ1) is 66.3. The summed E-state index contributed by atoms with van der Waals surface area (Å²) in [7, 11) is 6.88. The van der Waals surface area contributed by atoms with E-state index in [0.717, 1.165) is 67.3 Å². The first-order valence-electron chi connectivity index (χ1n) is 27.7. The minimum Gasteiger partial charge on any atom is -0.480 e. The van der Waals surface area contributed by atoms with Gasteiger partial charge in [0.15, 0.2) is 18.6 Å². The van der Waals surface area contributed by atoms with Gasteiger partial charge in [-0.15, -0.1) is 0 Å². The van der Waals surface area contributed by atoms with E-state index in [1.54, 1.807) is 13.8 Å². The van der Waals surface area contributed by atoms with Crippen molar-refractivity contribution in [3.05, 3.63) is 33.1 Å². The molecule has 80 heavy (non-hydrogen) atoms. The van der Waals surface area contributed by atoms with Gasteiger partial charge in [0.2, 0.25) is 12.2 Å². The number of aromatic amines is 1. The molecule has 4 aliphatic rings. The van der Waals surface area contributed by atoms with Crippen molar-refractivity contribution in [3.8, 4) is 0 Å². The maximum Gasteiger partial charge on any atom is 0.330 e. The van der Waals surface area contributed by atoms with Crippen LogP contribution in [0.5, 0.6) is 0 Å². The number of nitrogens with zero attached hydrogens (tertiary/aromatic N) is 3. The highest BCUT2D eigenvalue weighted by atomic mass is 16.7. The van der Waals surface area contributed by atoms with E-state index in [-0.39, 0.29) is 25.8 Å². The molecule has 1 aromatic heterocycles. The fourth-order valence-corrected chi connectivity index (χ4v) is 11.0. The summed E-state index contributed by atoms with van der Waals surface area (Å²) < 4.78 is 58.8. The van der Waals surface area contributed by atoms with Crippen LogP contribution < -0.4 is 17.0 Å². The zero-order valence-electron chi connectivity index (χ0n) is 47.4. The summed E-state index contributed by atoms with van der Waals surface area (Å²) >= 11 is 0. The Labute approximate surface area is 465 Å². The Morgan fingerprint density at radius 2 is 1.34 bits per heavy atom. The number of carboxylic acid groups (broad SMARTS) is 1. The number of carbonyl (C=O) groups is 5. The molecule has 0 saturated carbocycles. The van der Waals surface area contributed by atoms with Crippen LogP contribution in [0.3, 0.4) is 0 Å². The monoisotopic (exact) mass is 1150 g/mol. The molecular formula is C53H87N5O22. The van der Waals surface area contributed by atoms with Crippen LogP contribution in [0.4, 0.5) is 0 Å². The third kappa shape index (κ3) is 17.3. The maximum atomic E-state index is 14.7. The fraction of sp³-hybridized carbons (Fsp3) is 0.830. The van der Waals surface area contributed by atoms with Crippen molar-refractivity contribution >= 4 is 29.8 Å². The minimum atomic E-state index is -1.97. The number of likely N-dealkylation sites (N-methyl/N-ethyl adjacent to an activating group) is 2. The first-order chi connectivity index (χ1) is 38.0. The van der Waals surface area contributed by atoms with E-state index >= 15 is 0 Å². The van der Waals surface area contributed by atoms with Crippen LogP contribution in [-0.4, -0.2) is 227 Å². The highest BCUT2D eigenvalue weighted by Crippen LogP contribution is 2.37. The lowest BCUT2D eigenvalue weighted by molar-refractivity contribution is -0.297. The van der Waals surface area contributed by atoms with E-state index in [9.17, 15) is 59.1 Å². The Hall–Kier alpha value is -4.49. The number of hydrogen-bond acceptors (Lipinski definition) is 23. The Balaban J connectivity index is 1.32. The summed E-state index contributed by atoms with van der Waals surface area (Å²) in [5, 5.41) is 55.2. The normalized spacial score (nSPS) is 32.3. The quantitative estimate of drug-likeness (QED) is 0.0295. The van der Waals surface area contributed by atoms with Crippen LogP contribution in [0.25, 0.3) is 0 Å². The molecule has 5 heterocycles. The molecule has 4 saturated heterocycles. The van der Waals surface area contributed by atoms with Crippen molar-refractivity contribution in [1.82, 2.24) is 19.4 Å². The predicted octanol–water partition coefficient (Wildman–Crippen LogP) is -0.308. The fourth-order valence-electron chi connectivity index (χ4n) is 11.0. The molecule has 0 aromatic carbocycles. The number of nitrogens with one attached hydrogen (secondary N) is 1. The van der Waals surface area contributed by atoms with Crippen molar-refractivity contribution in [3.63, 3.8) is 0 Å². The van der Waals surface area contributed by atoms with Gasteiger partial charge in [0.1, 0.15) is 79.3 Å². The molecule has 1 amide bonds. The van der Waals surface area contributed by atoms with Gasteiger partial charge in [-0.25, -0.2) is 9.59 Å². The average Bonchev–Trinajstić information content (AvgIpc) is 3.83. The topological polar surface area (TPSA) is 366 Å². The number of ether oxygens (including phenoxy) is 10. The van der Waals surface area contributed by atoms with Gasteiger partial charge in [-0.3, -0.25) is 38.4 Å². The van der Waals surface area contributed by atoms with Gasteiger partial charge in [-0.05, 0) is 38.6 Å². The molecule has 19 atom stereocenters. The summed E-state index contributed by atoms with van der Waals surface area (Å²) in [6, 6.07) is -2.60. The summed E-state index contributed by atoms with van der Waals surface area (Å²) in [5.41, 5.74) is 3.95. The molecule has 5 rings (SSSR count). The summed E-state index contributed by atoms with van der Waals surface area (Å²) in [6.07, 6.45) is -12.6. The van der Waals surface area contributed by atoms with Gasteiger partial charge in [0.05, 0.1) is 12.5 Å². The molecule has 0 bridgehead atoms. The molecule has 0 radical (unpaired) electrons. The van der Waals surface area contributed by atoms with Crippen molar-refractivity contribution in [1.29, 1.82) is 0 Å². The number of amides is 1. The van der Waals surface area contributed by atoms with E-state index in [4.69, 9.17) is 53.1 Å². The second kappa shape index (κ2) is 31.2. The predicted molar refractivity (Wildman–Crippen MR) is 279 cm³/mol. The van der Waals surface area contributed by atoms with Gasteiger partial charge in [-0.2, -0.15) is 0 Å². The number of carbonyl (C=O) groups excluding carboxylic acids is 4. The zero-order chi connectivity index (χ0) is 59.1. The first-order valence-corrected chi connectivity index (χ1v) is 27.7. The molecule has 1 aromatic rings. The highest BCUT2D eigenvalue weighted by Gasteiger charge is 2.57. The minimum absolute atomic E-state index is 0.216. The molecule has 27 heteroatoms. The second-order valence-corrected chi connectivity index (χ2v) is 21.9. The largest absolute Gasteiger partial charge is 0.480 e.